The van der Waals surface area contributed by atoms with E-state index in [2.05, 4.69) is 17.2 Å². The summed E-state index contributed by atoms with van der Waals surface area (Å²) in [6, 6.07) is 3.73. The van der Waals surface area contributed by atoms with Crippen LogP contribution < -0.4 is 11.1 Å². The zero-order chi connectivity index (χ0) is 15.5. The van der Waals surface area contributed by atoms with E-state index >= 15 is 0 Å². The second kappa shape index (κ2) is 6.43. The lowest BCUT2D eigenvalue weighted by atomic mass is 9.95. The summed E-state index contributed by atoms with van der Waals surface area (Å²) in [6.45, 7) is 8.06. The van der Waals surface area contributed by atoms with Gasteiger partial charge in [-0.2, -0.15) is 0 Å². The van der Waals surface area contributed by atoms with Crippen LogP contribution in [0.4, 0.5) is 5.69 Å². The van der Waals surface area contributed by atoms with Gasteiger partial charge >= 0.3 is 0 Å². The van der Waals surface area contributed by atoms with Gasteiger partial charge in [0.2, 0.25) is 0 Å². The number of hydrogen-bond donors (Lipinski definition) is 2. The molecule has 1 unspecified atom stereocenters. The normalized spacial score (nSPS) is 17.1. The van der Waals surface area contributed by atoms with Crippen molar-refractivity contribution in [1.29, 1.82) is 0 Å². The molecule has 1 amide bonds. The van der Waals surface area contributed by atoms with Crippen LogP contribution >= 0.6 is 0 Å². The van der Waals surface area contributed by atoms with E-state index in [-0.39, 0.29) is 11.4 Å². The predicted molar refractivity (Wildman–Crippen MR) is 85.3 cm³/mol. The Morgan fingerprint density at radius 1 is 1.48 bits per heavy atom. The monoisotopic (exact) mass is 290 g/mol. The van der Waals surface area contributed by atoms with Crippen molar-refractivity contribution in [2.45, 2.75) is 39.2 Å². The van der Waals surface area contributed by atoms with Gasteiger partial charge in [0, 0.05) is 37.1 Å². The average molecular weight is 290 g/mol. The molecule has 1 aliphatic rings. The van der Waals surface area contributed by atoms with Gasteiger partial charge in [-0.05, 0) is 51.7 Å². The van der Waals surface area contributed by atoms with Gasteiger partial charge in [-0.3, -0.25) is 9.78 Å². The molecule has 1 saturated carbocycles. The highest BCUT2D eigenvalue weighted by molar-refractivity contribution is 5.93. The largest absolute Gasteiger partial charge is 0.378 e. The minimum atomic E-state index is -0.100. The molecule has 0 bridgehead atoms. The lowest BCUT2D eigenvalue weighted by molar-refractivity contribution is 0.0767. The van der Waals surface area contributed by atoms with Crippen molar-refractivity contribution < 1.29 is 4.79 Å². The number of amides is 1. The molecular formula is C16H26N4O. The van der Waals surface area contributed by atoms with Crippen molar-refractivity contribution in [1.82, 2.24) is 9.88 Å². The summed E-state index contributed by atoms with van der Waals surface area (Å²) in [7, 11) is 0. The van der Waals surface area contributed by atoms with E-state index in [9.17, 15) is 4.79 Å². The second-order valence-electron chi connectivity index (χ2n) is 5.93. The molecule has 1 atom stereocenters. The number of pyridine rings is 1. The van der Waals surface area contributed by atoms with Crippen LogP contribution in [0.25, 0.3) is 0 Å². The number of aromatic nitrogens is 1. The fourth-order valence-corrected chi connectivity index (χ4v) is 2.67. The fourth-order valence-electron chi connectivity index (χ4n) is 2.67. The first-order chi connectivity index (χ1) is 10.0. The molecule has 0 spiro atoms. The molecule has 0 saturated heterocycles. The third kappa shape index (κ3) is 3.53. The van der Waals surface area contributed by atoms with Crippen LogP contribution in [0.5, 0.6) is 0 Å². The number of rotatable bonds is 7. The van der Waals surface area contributed by atoms with Crippen LogP contribution in [0.2, 0.25) is 0 Å². The van der Waals surface area contributed by atoms with Crippen LogP contribution in [-0.2, 0) is 0 Å². The number of hydrogen-bond acceptors (Lipinski definition) is 4. The Morgan fingerprint density at radius 2 is 2.14 bits per heavy atom. The molecule has 0 radical (unpaired) electrons. The Kier molecular flexibility index (Phi) is 4.83. The highest BCUT2D eigenvalue weighted by atomic mass is 16.2. The summed E-state index contributed by atoms with van der Waals surface area (Å²) in [4.78, 5) is 18.3. The Hall–Kier alpha value is -1.62. The van der Waals surface area contributed by atoms with Gasteiger partial charge in [-0.1, -0.05) is 0 Å². The Balaban J connectivity index is 2.15. The smallest absolute Gasteiger partial charge is 0.272 e. The molecule has 1 aromatic rings. The Morgan fingerprint density at radius 3 is 2.67 bits per heavy atom. The molecule has 5 heteroatoms. The predicted octanol–water partition coefficient (Wildman–Crippen LogP) is 2.10. The van der Waals surface area contributed by atoms with Crippen LogP contribution in [-0.4, -0.2) is 41.0 Å². The van der Waals surface area contributed by atoms with Crippen LogP contribution in [0.1, 0.15) is 44.1 Å². The molecule has 116 valence electrons. The van der Waals surface area contributed by atoms with E-state index in [0.29, 0.717) is 31.2 Å². The van der Waals surface area contributed by atoms with Crippen molar-refractivity contribution >= 4 is 11.6 Å². The van der Waals surface area contributed by atoms with E-state index in [1.165, 1.54) is 12.8 Å². The van der Waals surface area contributed by atoms with Crippen molar-refractivity contribution in [3.63, 3.8) is 0 Å². The lowest BCUT2D eigenvalue weighted by Gasteiger charge is -2.31. The number of nitrogens with one attached hydrogen (secondary N) is 1. The first-order valence-electron chi connectivity index (χ1n) is 7.77. The summed E-state index contributed by atoms with van der Waals surface area (Å²) < 4.78 is 0. The molecule has 0 aliphatic heterocycles. The molecule has 5 nitrogen and oxygen atoms in total. The van der Waals surface area contributed by atoms with Gasteiger partial charge in [-0.25, -0.2) is 0 Å². The van der Waals surface area contributed by atoms with E-state index in [1.807, 2.05) is 26.0 Å². The summed E-state index contributed by atoms with van der Waals surface area (Å²) in [5.74, 6) is 0.599. The Bertz CT molecular complexity index is 497. The standard InChI is InChI=1S/C16H26N4O/c1-4-20(5-2)15(21)14-10-13(8-9-18-14)19-16(3,11-17)12-6-7-12/h8-10,12H,4-7,11,17H2,1-3H3,(H,18,19). The first-order valence-corrected chi connectivity index (χ1v) is 7.77. The second-order valence-corrected chi connectivity index (χ2v) is 5.93. The molecule has 2 rings (SSSR count). The zero-order valence-corrected chi connectivity index (χ0v) is 13.2. The topological polar surface area (TPSA) is 71.2 Å². The third-order valence-electron chi connectivity index (χ3n) is 4.36. The van der Waals surface area contributed by atoms with Crippen LogP contribution in [0.3, 0.4) is 0 Å². The zero-order valence-electron chi connectivity index (χ0n) is 13.2. The van der Waals surface area contributed by atoms with Gasteiger partial charge in [-0.15, -0.1) is 0 Å². The third-order valence-corrected chi connectivity index (χ3v) is 4.36. The number of nitrogens with two attached hydrogens (primary N) is 1. The van der Waals surface area contributed by atoms with E-state index in [4.69, 9.17) is 5.73 Å². The summed E-state index contributed by atoms with van der Waals surface area (Å²) in [5.41, 5.74) is 7.23. The minimum Gasteiger partial charge on any atom is -0.378 e. The highest BCUT2D eigenvalue weighted by Crippen LogP contribution is 2.40. The van der Waals surface area contributed by atoms with Gasteiger partial charge < -0.3 is 16.0 Å². The maximum atomic E-state index is 12.4. The first kappa shape index (κ1) is 15.8. The summed E-state index contributed by atoms with van der Waals surface area (Å²) in [5, 5.41) is 3.50. The Labute approximate surface area is 126 Å². The molecule has 1 fully saturated rings. The number of carbonyl (C=O) groups excluding carboxylic acids is 1. The quantitative estimate of drug-likeness (QED) is 0.807. The molecule has 1 aromatic heterocycles. The number of anilines is 1. The number of carbonyl (C=O) groups is 1. The SMILES string of the molecule is CCN(CC)C(=O)c1cc(NC(C)(CN)C2CC2)ccn1. The maximum Gasteiger partial charge on any atom is 0.272 e. The van der Waals surface area contributed by atoms with Gasteiger partial charge in [0.25, 0.3) is 5.91 Å². The van der Waals surface area contributed by atoms with E-state index in [0.717, 1.165) is 5.69 Å². The van der Waals surface area contributed by atoms with Crippen molar-refractivity contribution in [2.24, 2.45) is 11.7 Å². The molecule has 1 heterocycles. The van der Waals surface area contributed by atoms with Crippen molar-refractivity contribution in [2.75, 3.05) is 25.0 Å². The van der Waals surface area contributed by atoms with E-state index < -0.39 is 0 Å². The van der Waals surface area contributed by atoms with Gasteiger partial charge in [0.1, 0.15) is 5.69 Å². The van der Waals surface area contributed by atoms with E-state index in [1.54, 1.807) is 11.1 Å². The lowest BCUT2D eigenvalue weighted by Crippen LogP contribution is -2.44. The maximum absolute atomic E-state index is 12.4. The molecule has 3 N–H and O–H groups in total. The average Bonchev–Trinajstić information content (AvgIpc) is 3.33. The molecular weight excluding hydrogens is 264 g/mol. The van der Waals surface area contributed by atoms with Gasteiger partial charge in [0.15, 0.2) is 0 Å². The molecule has 0 aromatic carbocycles. The summed E-state index contributed by atoms with van der Waals surface area (Å²) >= 11 is 0. The molecule has 21 heavy (non-hydrogen) atoms. The van der Waals surface area contributed by atoms with Crippen LogP contribution in [0.15, 0.2) is 18.3 Å². The summed E-state index contributed by atoms with van der Waals surface area (Å²) in [6.07, 6.45) is 4.12. The minimum absolute atomic E-state index is 0.0236. The molecule has 1 aliphatic carbocycles. The highest BCUT2D eigenvalue weighted by Gasteiger charge is 2.40. The fraction of sp³-hybridized carbons (Fsp3) is 0.625. The van der Waals surface area contributed by atoms with Crippen molar-refractivity contribution in [3.8, 4) is 0 Å². The van der Waals surface area contributed by atoms with Crippen LogP contribution in [0, 0.1) is 5.92 Å². The van der Waals surface area contributed by atoms with Crippen molar-refractivity contribution in [3.05, 3.63) is 24.0 Å². The van der Waals surface area contributed by atoms with Gasteiger partial charge in [0.05, 0.1) is 0 Å². The number of nitrogens with zero attached hydrogens (tertiary/aromatic N) is 2.